The average molecular weight is 321 g/mol. The Morgan fingerprint density at radius 1 is 1.43 bits per heavy atom. The molecule has 1 saturated heterocycles. The summed E-state index contributed by atoms with van der Waals surface area (Å²) in [6.45, 7) is 4.87. The second-order valence-corrected chi connectivity index (χ2v) is 7.11. The van der Waals surface area contributed by atoms with E-state index in [1.807, 2.05) is 0 Å². The number of nitrogens with one attached hydrogen (secondary N) is 3. The van der Waals surface area contributed by atoms with Crippen molar-refractivity contribution in [3.8, 4) is 0 Å². The van der Waals surface area contributed by atoms with Crippen molar-refractivity contribution in [2.24, 2.45) is 5.92 Å². The Morgan fingerprint density at radius 3 is 2.90 bits per heavy atom. The van der Waals surface area contributed by atoms with Crippen LogP contribution in [0.15, 0.2) is 0 Å². The molecule has 1 fully saturated rings. The molecule has 0 aromatic rings. The maximum Gasteiger partial charge on any atom is 0.235 e. The molecule has 0 aromatic heterocycles. The number of sulfonamides is 1. The summed E-state index contributed by atoms with van der Waals surface area (Å²) < 4.78 is 30.4. The van der Waals surface area contributed by atoms with Gasteiger partial charge in [0.25, 0.3) is 0 Å². The van der Waals surface area contributed by atoms with Gasteiger partial charge in [-0.2, -0.15) is 0 Å². The summed E-state index contributed by atoms with van der Waals surface area (Å²) in [5.41, 5.74) is 0. The highest BCUT2D eigenvalue weighted by atomic mass is 32.2. The summed E-state index contributed by atoms with van der Waals surface area (Å²) in [7, 11) is -3.44. The molecular weight excluding hydrogens is 294 g/mol. The van der Waals surface area contributed by atoms with Crippen LogP contribution in [0.3, 0.4) is 0 Å². The normalized spacial score (nSPS) is 19.4. The molecule has 1 aliphatic rings. The van der Waals surface area contributed by atoms with Gasteiger partial charge in [-0.1, -0.05) is 0 Å². The molecule has 1 amide bonds. The van der Waals surface area contributed by atoms with Crippen LogP contribution in [0.1, 0.15) is 26.2 Å². The maximum atomic E-state index is 11.6. The summed E-state index contributed by atoms with van der Waals surface area (Å²) in [6.07, 6.45) is 3.29. The van der Waals surface area contributed by atoms with Crippen molar-refractivity contribution in [1.82, 2.24) is 15.4 Å². The minimum Gasteiger partial charge on any atom is -0.381 e. The van der Waals surface area contributed by atoms with Crippen molar-refractivity contribution in [2.45, 2.75) is 26.2 Å². The SMILES string of the molecule is CCOCCS(=O)(=O)NCC(=O)NCCC1CCCNC1. The predicted octanol–water partition coefficient (Wildman–Crippen LogP) is -0.552. The Morgan fingerprint density at radius 2 is 2.24 bits per heavy atom. The Labute approximate surface area is 127 Å². The number of carbonyl (C=O) groups excluding carboxylic acids is 1. The summed E-state index contributed by atoms with van der Waals surface area (Å²) in [5.74, 6) is 0.183. The molecule has 0 aromatic carbocycles. The van der Waals surface area contributed by atoms with Crippen LogP contribution in [0.25, 0.3) is 0 Å². The molecule has 0 saturated carbocycles. The fraction of sp³-hybridized carbons (Fsp3) is 0.923. The van der Waals surface area contributed by atoms with E-state index in [9.17, 15) is 13.2 Å². The van der Waals surface area contributed by atoms with Crippen LogP contribution in [0.2, 0.25) is 0 Å². The molecule has 124 valence electrons. The molecule has 1 aliphatic heterocycles. The Hall–Kier alpha value is -0.700. The van der Waals surface area contributed by atoms with Gasteiger partial charge in [-0.25, -0.2) is 13.1 Å². The second-order valence-electron chi connectivity index (χ2n) is 5.19. The first-order chi connectivity index (χ1) is 10.0. The largest absolute Gasteiger partial charge is 0.381 e. The van der Waals surface area contributed by atoms with Crippen molar-refractivity contribution >= 4 is 15.9 Å². The number of carbonyl (C=O) groups is 1. The van der Waals surface area contributed by atoms with Crippen molar-refractivity contribution in [1.29, 1.82) is 0 Å². The zero-order valence-electron chi connectivity index (χ0n) is 12.7. The number of amides is 1. The Balaban J connectivity index is 2.09. The fourth-order valence-electron chi connectivity index (χ4n) is 2.21. The van der Waals surface area contributed by atoms with E-state index >= 15 is 0 Å². The smallest absolute Gasteiger partial charge is 0.235 e. The lowest BCUT2D eigenvalue weighted by Crippen LogP contribution is -2.39. The topological polar surface area (TPSA) is 96.5 Å². The lowest BCUT2D eigenvalue weighted by Gasteiger charge is -2.22. The quantitative estimate of drug-likeness (QED) is 0.469. The third-order valence-electron chi connectivity index (χ3n) is 3.43. The summed E-state index contributed by atoms with van der Waals surface area (Å²) >= 11 is 0. The number of hydrogen-bond donors (Lipinski definition) is 3. The van der Waals surface area contributed by atoms with E-state index in [1.54, 1.807) is 6.92 Å². The van der Waals surface area contributed by atoms with E-state index in [0.717, 1.165) is 19.5 Å². The van der Waals surface area contributed by atoms with Gasteiger partial charge in [-0.05, 0) is 45.2 Å². The van der Waals surface area contributed by atoms with E-state index in [0.29, 0.717) is 19.1 Å². The highest BCUT2D eigenvalue weighted by Crippen LogP contribution is 2.12. The van der Waals surface area contributed by atoms with Crippen LogP contribution >= 0.6 is 0 Å². The first-order valence-corrected chi connectivity index (χ1v) is 9.21. The van der Waals surface area contributed by atoms with E-state index in [1.165, 1.54) is 12.8 Å². The molecule has 1 atom stereocenters. The summed E-state index contributed by atoms with van der Waals surface area (Å²) in [4.78, 5) is 11.6. The lowest BCUT2D eigenvalue weighted by molar-refractivity contribution is -0.120. The van der Waals surface area contributed by atoms with Crippen LogP contribution in [0.4, 0.5) is 0 Å². The highest BCUT2D eigenvalue weighted by molar-refractivity contribution is 7.89. The van der Waals surface area contributed by atoms with Gasteiger partial charge in [-0.15, -0.1) is 0 Å². The number of ether oxygens (including phenoxy) is 1. The van der Waals surface area contributed by atoms with Gasteiger partial charge in [0.05, 0.1) is 18.9 Å². The standard InChI is InChI=1S/C13H27N3O4S/c1-2-20-8-9-21(18,19)16-11-13(17)15-7-5-12-4-3-6-14-10-12/h12,14,16H,2-11H2,1H3,(H,15,17). The van der Waals surface area contributed by atoms with E-state index in [4.69, 9.17) is 4.74 Å². The molecule has 1 unspecified atom stereocenters. The van der Waals surface area contributed by atoms with Gasteiger partial charge in [0, 0.05) is 13.2 Å². The molecule has 0 bridgehead atoms. The molecule has 0 radical (unpaired) electrons. The van der Waals surface area contributed by atoms with Gasteiger partial charge in [0.15, 0.2) is 0 Å². The van der Waals surface area contributed by atoms with Crippen LogP contribution in [-0.4, -0.2) is 59.5 Å². The molecule has 1 rings (SSSR count). The van der Waals surface area contributed by atoms with E-state index in [-0.39, 0.29) is 24.8 Å². The van der Waals surface area contributed by atoms with E-state index < -0.39 is 10.0 Å². The fourth-order valence-corrected chi connectivity index (χ4v) is 3.04. The van der Waals surface area contributed by atoms with Gasteiger partial charge < -0.3 is 15.4 Å². The molecule has 0 spiro atoms. The summed E-state index contributed by atoms with van der Waals surface area (Å²) in [6, 6.07) is 0. The lowest BCUT2D eigenvalue weighted by atomic mass is 9.96. The van der Waals surface area contributed by atoms with Gasteiger partial charge in [-0.3, -0.25) is 4.79 Å². The van der Waals surface area contributed by atoms with Crippen molar-refractivity contribution < 1.29 is 17.9 Å². The number of hydrogen-bond acceptors (Lipinski definition) is 5. The third-order valence-corrected chi connectivity index (χ3v) is 4.72. The minimum atomic E-state index is -3.44. The maximum absolute atomic E-state index is 11.6. The zero-order valence-corrected chi connectivity index (χ0v) is 13.5. The molecule has 7 nitrogen and oxygen atoms in total. The predicted molar refractivity (Wildman–Crippen MR) is 81.5 cm³/mol. The van der Waals surface area contributed by atoms with Crippen LogP contribution in [0, 0.1) is 5.92 Å². The van der Waals surface area contributed by atoms with Crippen molar-refractivity contribution in [3.05, 3.63) is 0 Å². The van der Waals surface area contributed by atoms with E-state index in [2.05, 4.69) is 15.4 Å². The Kier molecular flexibility index (Phi) is 8.82. The summed E-state index contributed by atoms with van der Waals surface area (Å²) in [5, 5.41) is 6.07. The van der Waals surface area contributed by atoms with Gasteiger partial charge in [0.2, 0.25) is 15.9 Å². The highest BCUT2D eigenvalue weighted by Gasteiger charge is 2.14. The first kappa shape index (κ1) is 18.3. The van der Waals surface area contributed by atoms with Crippen LogP contribution in [0.5, 0.6) is 0 Å². The first-order valence-electron chi connectivity index (χ1n) is 7.56. The molecular formula is C13H27N3O4S. The van der Waals surface area contributed by atoms with Gasteiger partial charge in [0.1, 0.15) is 0 Å². The van der Waals surface area contributed by atoms with Gasteiger partial charge >= 0.3 is 0 Å². The molecule has 21 heavy (non-hydrogen) atoms. The second kappa shape index (κ2) is 10.1. The molecule has 8 heteroatoms. The molecule has 3 N–H and O–H groups in total. The molecule has 0 aliphatic carbocycles. The average Bonchev–Trinajstić information content (AvgIpc) is 2.47. The van der Waals surface area contributed by atoms with Crippen molar-refractivity contribution in [3.63, 3.8) is 0 Å². The zero-order chi connectivity index (χ0) is 15.6. The van der Waals surface area contributed by atoms with Crippen LogP contribution < -0.4 is 15.4 Å². The third kappa shape index (κ3) is 9.02. The number of rotatable bonds is 10. The number of piperidine rings is 1. The Bertz CT molecular complexity index is 394. The van der Waals surface area contributed by atoms with Crippen molar-refractivity contribution in [2.75, 3.05) is 45.1 Å². The monoisotopic (exact) mass is 321 g/mol. The minimum absolute atomic E-state index is 0.123. The molecule has 1 heterocycles. The van der Waals surface area contributed by atoms with Crippen LogP contribution in [-0.2, 0) is 19.6 Å².